The van der Waals surface area contributed by atoms with E-state index >= 15 is 0 Å². The van der Waals surface area contributed by atoms with E-state index in [1.807, 2.05) is 6.92 Å². The molecule has 0 aromatic carbocycles. The normalized spacial score (nSPS) is 43.8. The first-order valence-electron chi connectivity index (χ1n) is 4.58. The van der Waals surface area contributed by atoms with Gasteiger partial charge in [0, 0.05) is 18.9 Å². The lowest BCUT2D eigenvalue weighted by Gasteiger charge is -2.29. The summed E-state index contributed by atoms with van der Waals surface area (Å²) in [6.45, 7) is 2.50. The number of carbonyl (C=O) groups is 2. The topological polar surface area (TPSA) is 57.6 Å². The van der Waals surface area contributed by atoms with Crippen LogP contribution in [0.3, 0.4) is 0 Å². The molecule has 2 unspecified atom stereocenters. The van der Waals surface area contributed by atoms with E-state index in [0.29, 0.717) is 12.8 Å². The number of aliphatic hydroxyl groups is 1. The fourth-order valence-electron chi connectivity index (χ4n) is 2.34. The first kappa shape index (κ1) is 8.69. The lowest BCUT2D eigenvalue weighted by atomic mass is 9.93. The van der Waals surface area contributed by atoms with Crippen LogP contribution in [0.15, 0.2) is 0 Å². The Morgan fingerprint density at radius 3 is 2.92 bits per heavy atom. The highest BCUT2D eigenvalue weighted by atomic mass is 16.3. The van der Waals surface area contributed by atoms with Crippen molar-refractivity contribution in [2.45, 2.75) is 25.5 Å². The van der Waals surface area contributed by atoms with Gasteiger partial charge in [0.15, 0.2) is 0 Å². The second kappa shape index (κ2) is 2.54. The Bertz CT molecular complexity index is 266. The fraction of sp³-hybridized carbons (Fsp3) is 0.778. The van der Waals surface area contributed by atoms with Gasteiger partial charge in [-0.2, -0.15) is 0 Å². The molecule has 4 heteroatoms. The molecule has 2 aliphatic heterocycles. The summed E-state index contributed by atoms with van der Waals surface area (Å²) in [7, 11) is 0. The van der Waals surface area contributed by atoms with E-state index in [9.17, 15) is 14.7 Å². The van der Waals surface area contributed by atoms with Gasteiger partial charge in [0.25, 0.3) is 0 Å². The second-order valence-corrected chi connectivity index (χ2v) is 4.00. The van der Waals surface area contributed by atoms with Crippen LogP contribution in [0.25, 0.3) is 0 Å². The average Bonchev–Trinajstić information content (AvgIpc) is 2.51. The molecule has 0 aromatic heterocycles. The van der Waals surface area contributed by atoms with Crippen LogP contribution in [-0.4, -0.2) is 34.5 Å². The third-order valence-electron chi connectivity index (χ3n) is 3.31. The SMILES string of the molecule is CC1CCN2C(=O)C(C=O)C[C@]12O. The summed E-state index contributed by atoms with van der Waals surface area (Å²) in [6.07, 6.45) is 1.75. The largest absolute Gasteiger partial charge is 0.370 e. The summed E-state index contributed by atoms with van der Waals surface area (Å²) >= 11 is 0. The first-order valence-corrected chi connectivity index (χ1v) is 4.58. The van der Waals surface area contributed by atoms with Gasteiger partial charge < -0.3 is 14.8 Å². The molecule has 72 valence electrons. The molecule has 0 radical (unpaired) electrons. The van der Waals surface area contributed by atoms with Gasteiger partial charge in [-0.1, -0.05) is 6.92 Å². The molecule has 0 aromatic rings. The second-order valence-electron chi connectivity index (χ2n) is 4.00. The Hall–Kier alpha value is -0.900. The van der Waals surface area contributed by atoms with Crippen molar-refractivity contribution >= 4 is 12.2 Å². The van der Waals surface area contributed by atoms with E-state index in [4.69, 9.17) is 0 Å². The molecule has 2 fully saturated rings. The van der Waals surface area contributed by atoms with Crippen LogP contribution in [0.4, 0.5) is 0 Å². The van der Waals surface area contributed by atoms with Crippen molar-refractivity contribution in [1.29, 1.82) is 0 Å². The monoisotopic (exact) mass is 183 g/mol. The highest BCUT2D eigenvalue weighted by Crippen LogP contribution is 2.43. The molecular weight excluding hydrogens is 170 g/mol. The van der Waals surface area contributed by atoms with E-state index in [1.54, 1.807) is 0 Å². The van der Waals surface area contributed by atoms with Gasteiger partial charge in [-0.05, 0) is 6.42 Å². The zero-order valence-corrected chi connectivity index (χ0v) is 7.56. The van der Waals surface area contributed by atoms with Crippen molar-refractivity contribution in [1.82, 2.24) is 4.90 Å². The zero-order valence-electron chi connectivity index (χ0n) is 7.56. The van der Waals surface area contributed by atoms with Crippen molar-refractivity contribution in [2.24, 2.45) is 11.8 Å². The number of amides is 1. The summed E-state index contributed by atoms with van der Waals surface area (Å²) in [4.78, 5) is 23.5. The van der Waals surface area contributed by atoms with Crippen molar-refractivity contribution < 1.29 is 14.7 Å². The van der Waals surface area contributed by atoms with Gasteiger partial charge >= 0.3 is 0 Å². The van der Waals surface area contributed by atoms with E-state index in [2.05, 4.69) is 0 Å². The molecule has 2 aliphatic rings. The third-order valence-corrected chi connectivity index (χ3v) is 3.31. The number of hydrogen-bond donors (Lipinski definition) is 1. The molecule has 0 saturated carbocycles. The van der Waals surface area contributed by atoms with Crippen LogP contribution in [0.5, 0.6) is 0 Å². The zero-order chi connectivity index (χ0) is 9.64. The predicted octanol–water partition coefficient (Wildman–Crippen LogP) is -0.238. The number of aldehydes is 1. The van der Waals surface area contributed by atoms with Gasteiger partial charge in [-0.3, -0.25) is 4.79 Å². The van der Waals surface area contributed by atoms with Crippen LogP contribution in [-0.2, 0) is 9.59 Å². The summed E-state index contributed by atoms with van der Waals surface area (Å²) < 4.78 is 0. The molecule has 1 amide bonds. The van der Waals surface area contributed by atoms with Gasteiger partial charge in [-0.25, -0.2) is 0 Å². The summed E-state index contributed by atoms with van der Waals surface area (Å²) in [5.41, 5.74) is -1.04. The van der Waals surface area contributed by atoms with Crippen molar-refractivity contribution in [3.8, 4) is 0 Å². The minimum Gasteiger partial charge on any atom is -0.370 e. The average molecular weight is 183 g/mol. The maximum Gasteiger partial charge on any atom is 0.235 e. The highest BCUT2D eigenvalue weighted by molar-refractivity contribution is 5.94. The number of fused-ring (bicyclic) bond motifs is 1. The summed E-state index contributed by atoms with van der Waals surface area (Å²) in [5.74, 6) is -0.740. The molecule has 2 saturated heterocycles. The van der Waals surface area contributed by atoms with Gasteiger partial charge in [0.05, 0.1) is 5.92 Å². The molecule has 0 aliphatic carbocycles. The first-order chi connectivity index (χ1) is 6.09. The summed E-state index contributed by atoms with van der Waals surface area (Å²) in [6, 6.07) is 0. The van der Waals surface area contributed by atoms with Gasteiger partial charge in [0.2, 0.25) is 5.91 Å². The van der Waals surface area contributed by atoms with E-state index in [-0.39, 0.29) is 18.2 Å². The van der Waals surface area contributed by atoms with E-state index < -0.39 is 11.6 Å². The lowest BCUT2D eigenvalue weighted by Crippen LogP contribution is -2.43. The number of hydrogen-bond acceptors (Lipinski definition) is 3. The molecule has 4 nitrogen and oxygen atoms in total. The van der Waals surface area contributed by atoms with Crippen LogP contribution >= 0.6 is 0 Å². The van der Waals surface area contributed by atoms with Crippen LogP contribution in [0.2, 0.25) is 0 Å². The molecule has 2 heterocycles. The Balaban J connectivity index is 2.31. The quantitative estimate of drug-likeness (QED) is 0.451. The maximum absolute atomic E-state index is 11.5. The maximum atomic E-state index is 11.5. The molecular formula is C9H13NO3. The third kappa shape index (κ3) is 0.950. The molecule has 0 bridgehead atoms. The standard InChI is InChI=1S/C9H13NO3/c1-6-2-3-10-8(12)7(5-11)4-9(6,10)13/h5-7,13H,2-4H2,1H3/t6?,7?,9-/m0/s1. The Morgan fingerprint density at radius 2 is 2.38 bits per heavy atom. The van der Waals surface area contributed by atoms with Crippen molar-refractivity contribution in [2.75, 3.05) is 6.54 Å². The minimum absolute atomic E-state index is 0.0846. The minimum atomic E-state index is -1.04. The van der Waals surface area contributed by atoms with Gasteiger partial charge in [-0.15, -0.1) is 0 Å². The fourth-order valence-corrected chi connectivity index (χ4v) is 2.34. The van der Waals surface area contributed by atoms with E-state index in [0.717, 1.165) is 6.42 Å². The Labute approximate surface area is 76.5 Å². The summed E-state index contributed by atoms with van der Waals surface area (Å²) in [5, 5.41) is 10.1. The van der Waals surface area contributed by atoms with Crippen LogP contribution in [0, 0.1) is 11.8 Å². The van der Waals surface area contributed by atoms with E-state index in [1.165, 1.54) is 4.90 Å². The lowest BCUT2D eigenvalue weighted by molar-refractivity contribution is -0.143. The number of carbonyl (C=O) groups excluding carboxylic acids is 2. The molecule has 13 heavy (non-hydrogen) atoms. The number of rotatable bonds is 1. The van der Waals surface area contributed by atoms with Crippen LogP contribution in [0.1, 0.15) is 19.8 Å². The molecule has 3 atom stereocenters. The van der Waals surface area contributed by atoms with Crippen molar-refractivity contribution in [3.05, 3.63) is 0 Å². The van der Waals surface area contributed by atoms with Crippen molar-refractivity contribution in [3.63, 3.8) is 0 Å². The Morgan fingerprint density at radius 1 is 1.69 bits per heavy atom. The molecule has 1 N–H and O–H groups in total. The smallest absolute Gasteiger partial charge is 0.235 e. The molecule has 0 spiro atoms. The Kier molecular flexibility index (Phi) is 1.70. The van der Waals surface area contributed by atoms with Gasteiger partial charge in [0.1, 0.15) is 12.0 Å². The molecule has 2 rings (SSSR count). The predicted molar refractivity (Wildman–Crippen MR) is 44.6 cm³/mol. The van der Waals surface area contributed by atoms with Crippen LogP contribution < -0.4 is 0 Å². The highest BCUT2D eigenvalue weighted by Gasteiger charge is 2.55. The number of nitrogens with zero attached hydrogens (tertiary/aromatic N) is 1.